The summed E-state index contributed by atoms with van der Waals surface area (Å²) in [6, 6.07) is 6.24. The number of carbonyl (C=O) groups excluding carboxylic acids is 1. The third-order valence-electron chi connectivity index (χ3n) is 5.46. The first-order valence-corrected chi connectivity index (χ1v) is 9.76. The van der Waals surface area contributed by atoms with Gasteiger partial charge in [-0.1, -0.05) is 0 Å². The molecule has 2 aromatic rings. The molecule has 0 unspecified atom stereocenters. The summed E-state index contributed by atoms with van der Waals surface area (Å²) >= 11 is 0. The molecule has 2 saturated heterocycles. The van der Waals surface area contributed by atoms with E-state index in [4.69, 9.17) is 0 Å². The van der Waals surface area contributed by atoms with Gasteiger partial charge in [0.2, 0.25) is 5.95 Å². The Labute approximate surface area is 160 Å². The van der Waals surface area contributed by atoms with E-state index in [2.05, 4.69) is 31.7 Å². The number of hydrogen-bond donors (Lipinski definition) is 0. The Balaban J connectivity index is 1.40. The van der Waals surface area contributed by atoms with Gasteiger partial charge in [0, 0.05) is 57.4 Å². The molecule has 0 aromatic carbocycles. The van der Waals surface area contributed by atoms with Crippen molar-refractivity contribution >= 4 is 17.7 Å². The number of anilines is 2. The molecule has 0 bridgehead atoms. The molecule has 0 aliphatic carbocycles. The van der Waals surface area contributed by atoms with Crippen molar-refractivity contribution in [3.8, 4) is 0 Å². The second-order valence-corrected chi connectivity index (χ2v) is 7.27. The van der Waals surface area contributed by atoms with Gasteiger partial charge in [0.25, 0.3) is 5.91 Å². The Kier molecular flexibility index (Phi) is 5.18. The molecule has 2 fully saturated rings. The first-order valence-electron chi connectivity index (χ1n) is 9.76. The SMILES string of the molecule is C[C@@H]1CCCN1c1ccc(C(=O)N2CCCN(c3ncccn3)CC2)cn1. The van der Waals surface area contributed by atoms with Crippen molar-refractivity contribution in [2.24, 2.45) is 0 Å². The van der Waals surface area contributed by atoms with E-state index in [0.717, 1.165) is 44.4 Å². The predicted octanol–water partition coefficient (Wildman–Crippen LogP) is 2.21. The van der Waals surface area contributed by atoms with Crippen molar-refractivity contribution in [1.29, 1.82) is 0 Å². The monoisotopic (exact) mass is 366 g/mol. The average Bonchev–Trinajstić information content (AvgIpc) is 3.00. The van der Waals surface area contributed by atoms with Crippen LogP contribution in [0.3, 0.4) is 0 Å². The molecule has 1 amide bonds. The third-order valence-corrected chi connectivity index (χ3v) is 5.46. The highest BCUT2D eigenvalue weighted by Gasteiger charge is 2.24. The summed E-state index contributed by atoms with van der Waals surface area (Å²) in [5.74, 6) is 1.76. The van der Waals surface area contributed by atoms with E-state index in [1.807, 2.05) is 23.1 Å². The summed E-state index contributed by atoms with van der Waals surface area (Å²) in [6.45, 7) is 6.29. The molecule has 4 heterocycles. The minimum atomic E-state index is 0.0550. The predicted molar refractivity (Wildman–Crippen MR) is 105 cm³/mol. The summed E-state index contributed by atoms with van der Waals surface area (Å²) in [6.07, 6.45) is 8.55. The van der Waals surface area contributed by atoms with E-state index in [1.54, 1.807) is 18.6 Å². The first-order chi connectivity index (χ1) is 13.2. The highest BCUT2D eigenvalue weighted by atomic mass is 16.2. The Morgan fingerprint density at radius 3 is 2.56 bits per heavy atom. The fourth-order valence-corrected chi connectivity index (χ4v) is 3.91. The molecule has 2 aliphatic rings. The third kappa shape index (κ3) is 3.86. The van der Waals surface area contributed by atoms with Crippen LogP contribution in [0, 0.1) is 0 Å². The Bertz CT molecular complexity index is 766. The summed E-state index contributed by atoms with van der Waals surface area (Å²) in [5, 5.41) is 0. The van der Waals surface area contributed by atoms with Gasteiger partial charge in [-0.2, -0.15) is 0 Å². The van der Waals surface area contributed by atoms with Crippen molar-refractivity contribution in [3.05, 3.63) is 42.4 Å². The van der Waals surface area contributed by atoms with Crippen LogP contribution < -0.4 is 9.80 Å². The van der Waals surface area contributed by atoms with Gasteiger partial charge in [-0.3, -0.25) is 4.79 Å². The quantitative estimate of drug-likeness (QED) is 0.830. The van der Waals surface area contributed by atoms with Crippen molar-refractivity contribution in [2.75, 3.05) is 42.5 Å². The van der Waals surface area contributed by atoms with Gasteiger partial charge in [0.1, 0.15) is 5.82 Å². The molecule has 2 aliphatic heterocycles. The number of rotatable bonds is 3. The average molecular weight is 366 g/mol. The van der Waals surface area contributed by atoms with Crippen LogP contribution in [0.1, 0.15) is 36.5 Å². The molecular formula is C20H26N6O. The summed E-state index contributed by atoms with van der Waals surface area (Å²) in [5.41, 5.74) is 0.662. The van der Waals surface area contributed by atoms with Gasteiger partial charge in [-0.05, 0) is 44.4 Å². The van der Waals surface area contributed by atoms with Crippen molar-refractivity contribution in [2.45, 2.75) is 32.2 Å². The van der Waals surface area contributed by atoms with Gasteiger partial charge in [-0.25, -0.2) is 15.0 Å². The van der Waals surface area contributed by atoms with Gasteiger partial charge in [-0.15, -0.1) is 0 Å². The minimum absolute atomic E-state index is 0.0550. The summed E-state index contributed by atoms with van der Waals surface area (Å²) < 4.78 is 0. The maximum absolute atomic E-state index is 12.9. The fourth-order valence-electron chi connectivity index (χ4n) is 3.91. The number of pyridine rings is 1. The zero-order valence-electron chi connectivity index (χ0n) is 15.8. The summed E-state index contributed by atoms with van der Waals surface area (Å²) in [7, 11) is 0. The van der Waals surface area contributed by atoms with E-state index in [0.29, 0.717) is 18.2 Å². The molecule has 0 radical (unpaired) electrons. The minimum Gasteiger partial charge on any atom is -0.354 e. The van der Waals surface area contributed by atoms with E-state index in [1.165, 1.54) is 12.8 Å². The Hall–Kier alpha value is -2.70. The molecule has 2 aromatic heterocycles. The van der Waals surface area contributed by atoms with Crippen LogP contribution >= 0.6 is 0 Å². The van der Waals surface area contributed by atoms with Gasteiger partial charge in [0.15, 0.2) is 0 Å². The molecule has 4 rings (SSSR count). The standard InChI is InChI=1S/C20H26N6O/c1-16-5-2-12-26(16)18-7-6-17(15-23-18)19(27)24-10-4-11-25(14-13-24)20-21-8-3-9-22-20/h3,6-9,15-16H,2,4-5,10-14H2,1H3/t16-/m1/s1. The van der Waals surface area contributed by atoms with E-state index < -0.39 is 0 Å². The topological polar surface area (TPSA) is 65.5 Å². The molecule has 0 spiro atoms. The Morgan fingerprint density at radius 2 is 1.85 bits per heavy atom. The zero-order valence-corrected chi connectivity index (χ0v) is 15.8. The molecule has 142 valence electrons. The van der Waals surface area contributed by atoms with Crippen molar-refractivity contribution in [3.63, 3.8) is 0 Å². The van der Waals surface area contributed by atoms with Crippen LogP contribution in [0.2, 0.25) is 0 Å². The molecule has 27 heavy (non-hydrogen) atoms. The first kappa shape index (κ1) is 17.7. The summed E-state index contributed by atoms with van der Waals surface area (Å²) in [4.78, 5) is 32.5. The smallest absolute Gasteiger partial charge is 0.255 e. The fraction of sp³-hybridized carbons (Fsp3) is 0.500. The van der Waals surface area contributed by atoms with Gasteiger partial charge >= 0.3 is 0 Å². The van der Waals surface area contributed by atoms with Crippen LogP contribution in [-0.4, -0.2) is 64.5 Å². The van der Waals surface area contributed by atoms with Crippen LogP contribution in [0.25, 0.3) is 0 Å². The molecule has 0 saturated carbocycles. The number of hydrogen-bond acceptors (Lipinski definition) is 6. The normalized spacial score (nSPS) is 20.6. The largest absolute Gasteiger partial charge is 0.354 e. The molecule has 7 nitrogen and oxygen atoms in total. The lowest BCUT2D eigenvalue weighted by Crippen LogP contribution is -2.35. The van der Waals surface area contributed by atoms with Crippen LogP contribution in [0.4, 0.5) is 11.8 Å². The van der Waals surface area contributed by atoms with Crippen LogP contribution in [-0.2, 0) is 0 Å². The lowest BCUT2D eigenvalue weighted by molar-refractivity contribution is 0.0766. The van der Waals surface area contributed by atoms with Gasteiger partial charge in [0.05, 0.1) is 5.56 Å². The maximum atomic E-state index is 12.9. The van der Waals surface area contributed by atoms with Gasteiger partial charge < -0.3 is 14.7 Å². The van der Waals surface area contributed by atoms with Crippen LogP contribution in [0.5, 0.6) is 0 Å². The molecule has 7 heteroatoms. The lowest BCUT2D eigenvalue weighted by atomic mass is 10.2. The van der Waals surface area contributed by atoms with E-state index in [9.17, 15) is 4.79 Å². The maximum Gasteiger partial charge on any atom is 0.255 e. The molecule has 1 atom stereocenters. The van der Waals surface area contributed by atoms with E-state index in [-0.39, 0.29) is 5.91 Å². The molecular weight excluding hydrogens is 340 g/mol. The second-order valence-electron chi connectivity index (χ2n) is 7.27. The Morgan fingerprint density at radius 1 is 1.00 bits per heavy atom. The molecule has 0 N–H and O–H groups in total. The van der Waals surface area contributed by atoms with E-state index >= 15 is 0 Å². The number of carbonyl (C=O) groups is 1. The van der Waals surface area contributed by atoms with Crippen molar-refractivity contribution < 1.29 is 4.79 Å². The van der Waals surface area contributed by atoms with Crippen molar-refractivity contribution in [1.82, 2.24) is 19.9 Å². The highest BCUT2D eigenvalue weighted by Crippen LogP contribution is 2.23. The lowest BCUT2D eigenvalue weighted by Gasteiger charge is -2.24. The zero-order chi connectivity index (χ0) is 18.6. The van der Waals surface area contributed by atoms with Crippen LogP contribution in [0.15, 0.2) is 36.8 Å². The number of aromatic nitrogens is 3. The number of amides is 1. The number of nitrogens with zero attached hydrogens (tertiary/aromatic N) is 6. The second kappa shape index (κ2) is 7.90. The highest BCUT2D eigenvalue weighted by molar-refractivity contribution is 5.94.